The highest BCUT2D eigenvalue weighted by atomic mass is 16.6. The quantitative estimate of drug-likeness (QED) is 0.455. The van der Waals surface area contributed by atoms with E-state index in [2.05, 4.69) is 0 Å². The molecule has 0 atom stereocenters. The molecule has 2 aromatic rings. The Balaban J connectivity index is 1.81. The Morgan fingerprint density at radius 3 is 1.97 bits per heavy atom. The molecule has 0 unspecified atom stereocenters. The summed E-state index contributed by atoms with van der Waals surface area (Å²) in [7, 11) is 3.29. The van der Waals surface area contributed by atoms with E-state index in [0.29, 0.717) is 24.2 Å². The fraction of sp³-hybridized carbons (Fsp3) is 0.261. The number of esters is 1. The van der Waals surface area contributed by atoms with Gasteiger partial charge < -0.3 is 14.5 Å². The number of ether oxygens (including phenoxy) is 1. The monoisotopic (exact) mass is 390 g/mol. The zero-order chi connectivity index (χ0) is 20.6. The molecule has 1 saturated carbocycles. The lowest BCUT2D eigenvalue weighted by Gasteiger charge is -2.42. The van der Waals surface area contributed by atoms with Crippen LogP contribution in [0.25, 0.3) is 0 Å². The minimum atomic E-state index is -1.22. The van der Waals surface area contributed by atoms with Crippen LogP contribution in [0.4, 0.5) is 11.4 Å². The van der Waals surface area contributed by atoms with Gasteiger partial charge in [0.25, 0.3) is 5.91 Å². The van der Waals surface area contributed by atoms with Crippen LogP contribution in [-0.2, 0) is 19.1 Å². The van der Waals surface area contributed by atoms with Crippen molar-refractivity contribution in [1.82, 2.24) is 0 Å². The van der Waals surface area contributed by atoms with Gasteiger partial charge in [-0.3, -0.25) is 14.4 Å². The van der Waals surface area contributed by atoms with E-state index >= 15 is 0 Å². The first-order chi connectivity index (χ1) is 14.0. The predicted octanol–water partition coefficient (Wildman–Crippen LogP) is 3.29. The third kappa shape index (κ3) is 3.01. The number of benzene rings is 2. The minimum absolute atomic E-state index is 0.0171. The molecule has 0 saturated heterocycles. The van der Waals surface area contributed by atoms with Crippen LogP contribution in [0.15, 0.2) is 72.1 Å². The molecule has 6 nitrogen and oxygen atoms in total. The van der Waals surface area contributed by atoms with Crippen molar-refractivity contribution in [3.05, 3.63) is 72.1 Å². The maximum Gasteiger partial charge on any atom is 0.326 e. The summed E-state index contributed by atoms with van der Waals surface area (Å²) >= 11 is 0. The standard InChI is InChI=1S/C23H22N2O4/c1-24(16-10-5-3-6-11-16)20(27)18-19(26)23(14-9-15-23)22(28)29-21(18)25(2)17-12-7-4-8-13-17/h3-8,10-13H,9,14-15H2,1-2H3. The Morgan fingerprint density at radius 2 is 1.45 bits per heavy atom. The molecule has 0 radical (unpaired) electrons. The molecule has 2 aromatic carbocycles. The summed E-state index contributed by atoms with van der Waals surface area (Å²) in [6.45, 7) is 0. The van der Waals surface area contributed by atoms with Crippen molar-refractivity contribution in [2.24, 2.45) is 5.41 Å². The van der Waals surface area contributed by atoms with Gasteiger partial charge in [0.15, 0.2) is 5.78 Å². The lowest BCUT2D eigenvalue weighted by atomic mass is 9.63. The zero-order valence-electron chi connectivity index (χ0n) is 16.4. The van der Waals surface area contributed by atoms with Gasteiger partial charge in [0.05, 0.1) is 0 Å². The molecule has 1 heterocycles. The van der Waals surface area contributed by atoms with Crippen molar-refractivity contribution in [3.8, 4) is 0 Å². The number of amides is 1. The average molecular weight is 390 g/mol. The van der Waals surface area contributed by atoms with Gasteiger partial charge >= 0.3 is 5.97 Å². The van der Waals surface area contributed by atoms with Gasteiger partial charge in [-0.15, -0.1) is 0 Å². The molecule has 1 aliphatic carbocycles. The van der Waals surface area contributed by atoms with Crippen LogP contribution in [0.1, 0.15) is 19.3 Å². The first-order valence-electron chi connectivity index (χ1n) is 9.59. The largest absolute Gasteiger partial charge is 0.408 e. The number of hydrogen-bond donors (Lipinski definition) is 0. The Kier molecular flexibility index (Phi) is 4.70. The molecular formula is C23H22N2O4. The van der Waals surface area contributed by atoms with Gasteiger partial charge in [-0.05, 0) is 37.1 Å². The third-order valence-electron chi connectivity index (χ3n) is 5.77. The van der Waals surface area contributed by atoms with Gasteiger partial charge in [-0.2, -0.15) is 0 Å². The highest BCUT2D eigenvalue weighted by molar-refractivity contribution is 6.31. The lowest BCUT2D eigenvalue weighted by molar-refractivity contribution is -0.165. The maximum atomic E-state index is 13.4. The zero-order valence-corrected chi connectivity index (χ0v) is 16.4. The number of cyclic esters (lactones) is 1. The Morgan fingerprint density at radius 1 is 0.897 bits per heavy atom. The van der Waals surface area contributed by atoms with Crippen LogP contribution in [0, 0.1) is 5.41 Å². The van der Waals surface area contributed by atoms with Crippen LogP contribution in [0.2, 0.25) is 0 Å². The molecule has 4 rings (SSSR count). The van der Waals surface area contributed by atoms with Gasteiger partial charge in [0.2, 0.25) is 5.88 Å². The third-order valence-corrected chi connectivity index (χ3v) is 5.77. The van der Waals surface area contributed by atoms with Crippen LogP contribution in [-0.4, -0.2) is 31.8 Å². The van der Waals surface area contributed by atoms with E-state index in [-0.39, 0.29) is 11.5 Å². The number of nitrogens with zero attached hydrogens (tertiary/aromatic N) is 2. The first kappa shape index (κ1) is 18.9. The molecule has 0 bridgehead atoms. The van der Waals surface area contributed by atoms with Crippen LogP contribution in [0.5, 0.6) is 0 Å². The number of carbonyl (C=O) groups is 3. The van der Waals surface area contributed by atoms with Crippen molar-refractivity contribution in [2.75, 3.05) is 23.9 Å². The fourth-order valence-electron chi connectivity index (χ4n) is 3.76. The van der Waals surface area contributed by atoms with E-state index in [1.54, 1.807) is 31.1 Å². The number of Topliss-reactive ketones (excluding diaryl/α,β-unsaturated/α-hetero) is 1. The van der Waals surface area contributed by atoms with Gasteiger partial charge in [-0.1, -0.05) is 42.8 Å². The lowest BCUT2D eigenvalue weighted by Crippen LogP contribution is -2.53. The van der Waals surface area contributed by atoms with E-state index in [9.17, 15) is 14.4 Å². The molecule has 2 aliphatic rings. The topological polar surface area (TPSA) is 66.9 Å². The summed E-state index contributed by atoms with van der Waals surface area (Å²) in [6.07, 6.45) is 1.60. The molecule has 1 fully saturated rings. The van der Waals surface area contributed by atoms with Gasteiger partial charge in [0, 0.05) is 25.5 Å². The van der Waals surface area contributed by atoms with Crippen LogP contribution < -0.4 is 9.80 Å². The second kappa shape index (κ2) is 7.20. The Hall–Kier alpha value is -3.41. The number of ketones is 1. The summed E-state index contributed by atoms with van der Waals surface area (Å²) in [6, 6.07) is 18.3. The van der Waals surface area contributed by atoms with E-state index in [1.165, 1.54) is 4.90 Å². The van der Waals surface area contributed by atoms with Crippen molar-refractivity contribution < 1.29 is 19.1 Å². The molecule has 0 N–H and O–H groups in total. The van der Waals surface area contributed by atoms with E-state index < -0.39 is 23.1 Å². The van der Waals surface area contributed by atoms with E-state index in [0.717, 1.165) is 6.42 Å². The van der Waals surface area contributed by atoms with Crippen molar-refractivity contribution in [3.63, 3.8) is 0 Å². The average Bonchev–Trinajstić information content (AvgIpc) is 2.72. The highest BCUT2D eigenvalue weighted by Crippen LogP contribution is 2.48. The van der Waals surface area contributed by atoms with Crippen molar-refractivity contribution in [1.29, 1.82) is 0 Å². The van der Waals surface area contributed by atoms with Crippen molar-refractivity contribution in [2.45, 2.75) is 19.3 Å². The fourth-order valence-corrected chi connectivity index (χ4v) is 3.76. The number of rotatable bonds is 4. The Labute approximate surface area is 169 Å². The molecule has 148 valence electrons. The molecule has 1 amide bonds. The highest BCUT2D eigenvalue weighted by Gasteiger charge is 2.58. The smallest absolute Gasteiger partial charge is 0.326 e. The number of para-hydroxylation sites is 2. The summed E-state index contributed by atoms with van der Waals surface area (Å²) in [5.41, 5.74) is 0.0604. The van der Waals surface area contributed by atoms with Crippen LogP contribution in [0.3, 0.4) is 0 Å². The summed E-state index contributed by atoms with van der Waals surface area (Å²) in [5, 5.41) is 0. The number of hydrogen-bond acceptors (Lipinski definition) is 5. The molecule has 0 aromatic heterocycles. The minimum Gasteiger partial charge on any atom is -0.408 e. The normalized spacial score (nSPS) is 17.6. The number of carbonyl (C=O) groups excluding carboxylic acids is 3. The summed E-state index contributed by atoms with van der Waals surface area (Å²) in [4.78, 5) is 42.6. The SMILES string of the molecule is CN(C(=O)C1=C(N(C)c2ccccc2)OC(=O)C2(CCC2)C1=O)c1ccccc1. The van der Waals surface area contributed by atoms with Crippen molar-refractivity contribution >= 4 is 29.0 Å². The first-order valence-corrected chi connectivity index (χ1v) is 9.59. The maximum absolute atomic E-state index is 13.4. The van der Waals surface area contributed by atoms with Crippen LogP contribution >= 0.6 is 0 Å². The summed E-state index contributed by atoms with van der Waals surface area (Å²) < 4.78 is 5.65. The van der Waals surface area contributed by atoms with Gasteiger partial charge in [0.1, 0.15) is 11.0 Å². The van der Waals surface area contributed by atoms with Gasteiger partial charge in [-0.25, -0.2) is 0 Å². The summed E-state index contributed by atoms with van der Waals surface area (Å²) in [5.74, 6) is -1.51. The van der Waals surface area contributed by atoms with E-state index in [4.69, 9.17) is 4.74 Å². The number of likely N-dealkylation sites (N-methyl/N-ethyl adjacent to an activating group) is 1. The second-order valence-electron chi connectivity index (χ2n) is 7.43. The molecule has 1 spiro atoms. The Bertz CT molecular complexity index is 994. The predicted molar refractivity (Wildman–Crippen MR) is 109 cm³/mol. The number of anilines is 2. The molecule has 29 heavy (non-hydrogen) atoms. The molecular weight excluding hydrogens is 368 g/mol. The van der Waals surface area contributed by atoms with E-state index in [1.807, 2.05) is 48.5 Å². The second-order valence-corrected chi connectivity index (χ2v) is 7.43. The molecule has 6 heteroatoms. The molecule has 1 aliphatic heterocycles.